The van der Waals surface area contributed by atoms with E-state index < -0.39 is 0 Å². The Kier molecular flexibility index (Phi) is 5.18. The molecule has 0 radical (unpaired) electrons. The molecule has 152 valence electrons. The molecular formula is C24H38O3. The van der Waals surface area contributed by atoms with Crippen molar-refractivity contribution in [1.82, 2.24) is 0 Å². The van der Waals surface area contributed by atoms with Gasteiger partial charge in [0.2, 0.25) is 0 Å². The Morgan fingerprint density at radius 1 is 1.04 bits per heavy atom. The van der Waals surface area contributed by atoms with Crippen molar-refractivity contribution in [2.45, 2.75) is 104 Å². The maximum absolute atomic E-state index is 12.3. The van der Waals surface area contributed by atoms with Crippen LogP contribution in [-0.4, -0.2) is 17.9 Å². The number of fused-ring (bicyclic) bond motifs is 5. The van der Waals surface area contributed by atoms with Gasteiger partial charge in [-0.25, -0.2) is 0 Å². The molecule has 7 atom stereocenters. The SMILES string of the molecule is CCCCC(=O)OC1CC[C@H]2[C@@H]3CCC4CC(=O)CC[C@]4(C)[C@@H]3CC[C@]12C. The minimum absolute atomic E-state index is 0.0207. The third kappa shape index (κ3) is 3.17. The zero-order chi connectivity index (χ0) is 19.2. The number of rotatable bonds is 4. The van der Waals surface area contributed by atoms with Gasteiger partial charge in [-0.3, -0.25) is 9.59 Å². The normalized spacial score (nSPS) is 46.3. The zero-order valence-electron chi connectivity index (χ0n) is 17.6. The highest BCUT2D eigenvalue weighted by Gasteiger charge is 2.61. The highest BCUT2D eigenvalue weighted by Crippen LogP contribution is 2.66. The lowest BCUT2D eigenvalue weighted by molar-refractivity contribution is -0.164. The molecular weight excluding hydrogens is 336 g/mol. The third-order valence-corrected chi connectivity index (χ3v) is 9.40. The first-order chi connectivity index (χ1) is 12.9. The molecule has 2 unspecified atom stereocenters. The van der Waals surface area contributed by atoms with Gasteiger partial charge in [-0.2, -0.15) is 0 Å². The number of esters is 1. The fourth-order valence-electron chi connectivity index (χ4n) is 7.73. The van der Waals surface area contributed by atoms with E-state index in [4.69, 9.17) is 4.74 Å². The quantitative estimate of drug-likeness (QED) is 0.593. The summed E-state index contributed by atoms with van der Waals surface area (Å²) in [4.78, 5) is 24.3. The van der Waals surface area contributed by atoms with Gasteiger partial charge >= 0.3 is 5.97 Å². The summed E-state index contributed by atoms with van der Waals surface area (Å²) in [5.41, 5.74) is 0.546. The number of Topliss-reactive ketones (excluding diaryl/α,β-unsaturated/α-hetero) is 1. The first-order valence-corrected chi connectivity index (χ1v) is 11.6. The van der Waals surface area contributed by atoms with Crippen molar-refractivity contribution in [3.63, 3.8) is 0 Å². The average molecular weight is 375 g/mol. The molecule has 0 N–H and O–H groups in total. The van der Waals surface area contributed by atoms with Crippen molar-refractivity contribution < 1.29 is 14.3 Å². The summed E-state index contributed by atoms with van der Waals surface area (Å²) in [7, 11) is 0. The number of ketones is 1. The van der Waals surface area contributed by atoms with Crippen LogP contribution in [-0.2, 0) is 14.3 Å². The standard InChI is InChI=1S/C24H38O3/c1-4-5-6-22(26)27-21-10-9-19-18-8-7-16-15-17(25)11-13-23(16,2)20(18)12-14-24(19,21)3/h16,18-21H,4-15H2,1-3H3/t16?,18-,19-,20+,21?,23-,24-/m0/s1. The van der Waals surface area contributed by atoms with Gasteiger partial charge < -0.3 is 4.74 Å². The molecule has 0 amide bonds. The van der Waals surface area contributed by atoms with E-state index in [0.29, 0.717) is 29.5 Å². The summed E-state index contributed by atoms with van der Waals surface area (Å²) in [6.07, 6.45) is 12.7. The van der Waals surface area contributed by atoms with Crippen LogP contribution >= 0.6 is 0 Å². The molecule has 0 bridgehead atoms. The number of carbonyl (C=O) groups excluding carboxylic acids is 2. The van der Waals surface area contributed by atoms with Crippen molar-refractivity contribution in [2.75, 3.05) is 0 Å². The monoisotopic (exact) mass is 374 g/mol. The molecule has 0 aromatic heterocycles. The molecule has 0 aromatic rings. The van der Waals surface area contributed by atoms with Gasteiger partial charge in [-0.1, -0.05) is 27.2 Å². The Bertz CT molecular complexity index is 598. The second-order valence-electron chi connectivity index (χ2n) is 10.6. The molecule has 0 heterocycles. The number of hydrogen-bond acceptors (Lipinski definition) is 3. The average Bonchev–Trinajstić information content (AvgIpc) is 2.97. The predicted molar refractivity (Wildman–Crippen MR) is 106 cm³/mol. The van der Waals surface area contributed by atoms with Crippen LogP contribution in [0.5, 0.6) is 0 Å². The van der Waals surface area contributed by atoms with E-state index in [9.17, 15) is 9.59 Å². The highest BCUT2D eigenvalue weighted by molar-refractivity contribution is 5.79. The Labute approximate surface area is 165 Å². The van der Waals surface area contributed by atoms with Crippen LogP contribution in [0.1, 0.15) is 97.8 Å². The number of unbranched alkanes of at least 4 members (excludes halogenated alkanes) is 1. The van der Waals surface area contributed by atoms with Crippen molar-refractivity contribution in [1.29, 1.82) is 0 Å². The summed E-state index contributed by atoms with van der Waals surface area (Å²) in [6, 6.07) is 0. The molecule has 27 heavy (non-hydrogen) atoms. The molecule has 4 aliphatic rings. The minimum atomic E-state index is 0.0207. The summed E-state index contributed by atoms with van der Waals surface area (Å²) in [6.45, 7) is 7.04. The first-order valence-electron chi connectivity index (χ1n) is 11.6. The topological polar surface area (TPSA) is 43.4 Å². The van der Waals surface area contributed by atoms with Gasteiger partial charge in [-0.15, -0.1) is 0 Å². The van der Waals surface area contributed by atoms with Crippen LogP contribution < -0.4 is 0 Å². The van der Waals surface area contributed by atoms with Gasteiger partial charge in [0.1, 0.15) is 11.9 Å². The number of hydrogen-bond donors (Lipinski definition) is 0. The molecule has 0 aliphatic heterocycles. The fraction of sp³-hybridized carbons (Fsp3) is 0.917. The molecule has 0 aromatic carbocycles. The third-order valence-electron chi connectivity index (χ3n) is 9.40. The number of ether oxygens (including phenoxy) is 1. The van der Waals surface area contributed by atoms with Crippen LogP contribution in [0.3, 0.4) is 0 Å². The lowest BCUT2D eigenvalue weighted by atomic mass is 9.45. The maximum Gasteiger partial charge on any atom is 0.306 e. The Morgan fingerprint density at radius 3 is 2.59 bits per heavy atom. The predicted octanol–water partition coefficient (Wildman–Crippen LogP) is 5.70. The summed E-state index contributed by atoms with van der Waals surface area (Å²) < 4.78 is 6.03. The molecule has 4 fully saturated rings. The van der Waals surface area contributed by atoms with Crippen LogP contribution in [0, 0.1) is 34.5 Å². The van der Waals surface area contributed by atoms with Gasteiger partial charge in [-0.05, 0) is 80.5 Å². The minimum Gasteiger partial charge on any atom is -0.462 e. The van der Waals surface area contributed by atoms with E-state index >= 15 is 0 Å². The lowest BCUT2D eigenvalue weighted by Gasteiger charge is -2.60. The molecule has 4 saturated carbocycles. The molecule has 0 spiro atoms. The van der Waals surface area contributed by atoms with Crippen molar-refractivity contribution in [2.24, 2.45) is 34.5 Å². The summed E-state index contributed by atoms with van der Waals surface area (Å²) in [5, 5.41) is 0. The van der Waals surface area contributed by atoms with Crippen LogP contribution in [0.25, 0.3) is 0 Å². The molecule has 4 rings (SSSR count). The summed E-state index contributed by atoms with van der Waals surface area (Å²) >= 11 is 0. The van der Waals surface area contributed by atoms with E-state index in [2.05, 4.69) is 20.8 Å². The Hall–Kier alpha value is -0.860. The van der Waals surface area contributed by atoms with Gasteiger partial charge in [0.15, 0.2) is 0 Å². The van der Waals surface area contributed by atoms with E-state index in [1.807, 2.05) is 0 Å². The molecule has 0 saturated heterocycles. The zero-order valence-corrected chi connectivity index (χ0v) is 17.6. The summed E-state index contributed by atoms with van der Waals surface area (Å²) in [5.74, 6) is 3.39. The van der Waals surface area contributed by atoms with Gasteiger partial charge in [0, 0.05) is 24.7 Å². The van der Waals surface area contributed by atoms with E-state index in [-0.39, 0.29) is 17.5 Å². The smallest absolute Gasteiger partial charge is 0.306 e. The maximum atomic E-state index is 12.3. The number of carbonyl (C=O) groups is 2. The van der Waals surface area contributed by atoms with Crippen LogP contribution in [0.4, 0.5) is 0 Å². The first kappa shape index (κ1) is 19.5. The molecule has 4 aliphatic carbocycles. The van der Waals surface area contributed by atoms with Crippen molar-refractivity contribution in [3.05, 3.63) is 0 Å². The Balaban J connectivity index is 1.49. The van der Waals surface area contributed by atoms with Crippen LogP contribution in [0.2, 0.25) is 0 Å². The van der Waals surface area contributed by atoms with E-state index in [0.717, 1.165) is 50.4 Å². The fourth-order valence-corrected chi connectivity index (χ4v) is 7.73. The van der Waals surface area contributed by atoms with Crippen molar-refractivity contribution in [3.8, 4) is 0 Å². The second-order valence-corrected chi connectivity index (χ2v) is 10.6. The highest BCUT2D eigenvalue weighted by atomic mass is 16.5. The Morgan fingerprint density at radius 2 is 1.81 bits per heavy atom. The lowest BCUT2D eigenvalue weighted by Crippen LogP contribution is -2.54. The largest absolute Gasteiger partial charge is 0.462 e. The van der Waals surface area contributed by atoms with E-state index in [1.54, 1.807) is 0 Å². The van der Waals surface area contributed by atoms with Crippen molar-refractivity contribution >= 4 is 11.8 Å². The molecule has 3 heteroatoms. The van der Waals surface area contributed by atoms with Gasteiger partial charge in [0.05, 0.1) is 0 Å². The van der Waals surface area contributed by atoms with Gasteiger partial charge in [0.25, 0.3) is 0 Å². The van der Waals surface area contributed by atoms with E-state index in [1.165, 1.54) is 32.1 Å². The second kappa shape index (κ2) is 7.19. The molecule has 3 nitrogen and oxygen atoms in total. The van der Waals surface area contributed by atoms with Crippen LogP contribution in [0.15, 0.2) is 0 Å².